The Morgan fingerprint density at radius 2 is 1.71 bits per heavy atom. The maximum atomic E-state index is 12.2. The molecule has 0 spiro atoms. The van der Waals surface area contributed by atoms with Crippen LogP contribution in [0.4, 0.5) is 0 Å². The Balaban J connectivity index is 1.89. The molecule has 0 heterocycles. The Kier molecular flexibility index (Phi) is 5.75. The van der Waals surface area contributed by atoms with Crippen molar-refractivity contribution in [3.05, 3.63) is 64.7 Å². The molecule has 0 saturated carbocycles. The van der Waals surface area contributed by atoms with Gasteiger partial charge in [0.25, 0.3) is 5.91 Å². The van der Waals surface area contributed by atoms with E-state index < -0.39 is 10.0 Å². The number of benzene rings is 2. The van der Waals surface area contributed by atoms with Gasteiger partial charge in [0.2, 0.25) is 10.0 Å². The Labute approximate surface area is 143 Å². The Morgan fingerprint density at radius 1 is 0.958 bits per heavy atom. The molecule has 0 radical (unpaired) electrons. The van der Waals surface area contributed by atoms with Crippen LogP contribution in [0, 0.1) is 20.8 Å². The zero-order chi connectivity index (χ0) is 17.7. The molecular formula is C18H22N2O3S. The lowest BCUT2D eigenvalue weighted by Gasteiger charge is -2.10. The van der Waals surface area contributed by atoms with Crippen molar-refractivity contribution in [2.45, 2.75) is 25.7 Å². The number of nitrogens with one attached hydrogen (secondary N) is 2. The quantitative estimate of drug-likeness (QED) is 0.788. The monoisotopic (exact) mass is 346 g/mol. The van der Waals surface area contributed by atoms with Crippen LogP contribution in [0.1, 0.15) is 27.0 Å². The smallest absolute Gasteiger partial charge is 0.251 e. The fraction of sp³-hybridized carbons (Fsp3) is 0.278. The normalized spacial score (nSPS) is 11.3. The highest BCUT2D eigenvalue weighted by molar-refractivity contribution is 7.89. The fourth-order valence-corrected chi connectivity index (χ4v) is 3.33. The third-order valence-corrected chi connectivity index (χ3v) is 5.23. The van der Waals surface area contributed by atoms with Crippen LogP contribution in [0.3, 0.4) is 0 Å². The predicted octanol–water partition coefficient (Wildman–Crippen LogP) is 2.32. The van der Waals surface area contributed by atoms with E-state index in [0.717, 1.165) is 16.7 Å². The van der Waals surface area contributed by atoms with Crippen molar-refractivity contribution in [3.63, 3.8) is 0 Å². The van der Waals surface area contributed by atoms with Crippen LogP contribution in [0.15, 0.2) is 47.4 Å². The van der Waals surface area contributed by atoms with Crippen LogP contribution in [-0.2, 0) is 10.0 Å². The lowest BCUT2D eigenvalue weighted by atomic mass is 10.1. The van der Waals surface area contributed by atoms with E-state index in [1.54, 1.807) is 30.3 Å². The van der Waals surface area contributed by atoms with Gasteiger partial charge in [-0.2, -0.15) is 0 Å². The standard InChI is InChI=1S/C18H22N2O3S/c1-13-5-4-6-16(11-13)18(21)19-9-10-20-24(22,23)17-8-7-14(2)15(3)12-17/h4-8,11-12,20H,9-10H2,1-3H3,(H,19,21). The van der Waals surface area contributed by atoms with E-state index >= 15 is 0 Å². The summed E-state index contributed by atoms with van der Waals surface area (Å²) in [6.45, 7) is 6.06. The van der Waals surface area contributed by atoms with Crippen LogP contribution >= 0.6 is 0 Å². The minimum Gasteiger partial charge on any atom is -0.351 e. The van der Waals surface area contributed by atoms with Gasteiger partial charge in [-0.25, -0.2) is 13.1 Å². The second-order valence-corrected chi connectivity index (χ2v) is 7.54. The van der Waals surface area contributed by atoms with E-state index in [1.807, 2.05) is 32.9 Å². The summed E-state index contributed by atoms with van der Waals surface area (Å²) in [4.78, 5) is 12.2. The van der Waals surface area contributed by atoms with Gasteiger partial charge in [0.1, 0.15) is 0 Å². The maximum Gasteiger partial charge on any atom is 0.251 e. The molecule has 24 heavy (non-hydrogen) atoms. The number of sulfonamides is 1. The molecule has 2 aromatic rings. The molecule has 2 N–H and O–H groups in total. The number of carbonyl (C=O) groups excluding carboxylic acids is 1. The Hall–Kier alpha value is -2.18. The first-order valence-corrected chi connectivity index (χ1v) is 9.20. The summed E-state index contributed by atoms with van der Waals surface area (Å²) >= 11 is 0. The van der Waals surface area contributed by atoms with Crippen molar-refractivity contribution in [1.29, 1.82) is 0 Å². The lowest BCUT2D eigenvalue weighted by Crippen LogP contribution is -2.34. The van der Waals surface area contributed by atoms with Crippen molar-refractivity contribution in [2.75, 3.05) is 13.1 Å². The minimum absolute atomic E-state index is 0.132. The number of aryl methyl sites for hydroxylation is 3. The highest BCUT2D eigenvalue weighted by atomic mass is 32.2. The Morgan fingerprint density at radius 3 is 2.38 bits per heavy atom. The maximum absolute atomic E-state index is 12.2. The molecule has 5 nitrogen and oxygen atoms in total. The summed E-state index contributed by atoms with van der Waals surface area (Å²) in [6, 6.07) is 12.2. The van der Waals surface area contributed by atoms with Crippen molar-refractivity contribution >= 4 is 15.9 Å². The third-order valence-electron chi connectivity index (χ3n) is 3.77. The molecule has 0 aromatic heterocycles. The molecule has 2 aromatic carbocycles. The number of hydrogen-bond donors (Lipinski definition) is 2. The van der Waals surface area contributed by atoms with Crippen LogP contribution < -0.4 is 10.0 Å². The minimum atomic E-state index is -3.57. The van der Waals surface area contributed by atoms with Crippen molar-refractivity contribution in [3.8, 4) is 0 Å². The van der Waals surface area contributed by atoms with Gasteiger partial charge >= 0.3 is 0 Å². The van der Waals surface area contributed by atoms with Crippen LogP contribution in [0.25, 0.3) is 0 Å². The first-order valence-electron chi connectivity index (χ1n) is 7.71. The topological polar surface area (TPSA) is 75.3 Å². The van der Waals surface area contributed by atoms with Crippen molar-refractivity contribution in [1.82, 2.24) is 10.0 Å². The average molecular weight is 346 g/mol. The predicted molar refractivity (Wildman–Crippen MR) is 94.6 cm³/mol. The molecule has 0 unspecified atom stereocenters. The summed E-state index contributed by atoms with van der Waals surface area (Å²) in [5.74, 6) is -0.218. The number of rotatable bonds is 6. The zero-order valence-electron chi connectivity index (χ0n) is 14.1. The van der Waals surface area contributed by atoms with Gasteiger partial charge in [-0.3, -0.25) is 4.79 Å². The van der Waals surface area contributed by atoms with Gasteiger partial charge in [0.05, 0.1) is 4.90 Å². The van der Waals surface area contributed by atoms with E-state index in [4.69, 9.17) is 0 Å². The summed E-state index contributed by atoms with van der Waals surface area (Å²) in [6.07, 6.45) is 0. The van der Waals surface area contributed by atoms with Crippen LogP contribution in [0.2, 0.25) is 0 Å². The second kappa shape index (κ2) is 7.59. The van der Waals surface area contributed by atoms with Crippen molar-refractivity contribution in [2.24, 2.45) is 0 Å². The SMILES string of the molecule is Cc1cccc(C(=O)NCCNS(=O)(=O)c2ccc(C)c(C)c2)c1. The number of hydrogen-bond acceptors (Lipinski definition) is 3. The molecule has 0 aliphatic carbocycles. The number of carbonyl (C=O) groups is 1. The first kappa shape index (κ1) is 18.2. The summed E-state index contributed by atoms with van der Waals surface area (Å²) < 4.78 is 27.0. The number of amides is 1. The molecule has 0 aliphatic heterocycles. The molecule has 1 amide bonds. The third kappa shape index (κ3) is 4.66. The van der Waals surface area contributed by atoms with Crippen LogP contribution in [0.5, 0.6) is 0 Å². The van der Waals surface area contributed by atoms with E-state index in [1.165, 1.54) is 0 Å². The molecule has 0 saturated heterocycles. The fourth-order valence-electron chi connectivity index (χ4n) is 2.21. The molecule has 0 aliphatic rings. The van der Waals surface area contributed by atoms with Gasteiger partial charge in [0, 0.05) is 18.7 Å². The zero-order valence-corrected chi connectivity index (χ0v) is 14.9. The summed E-state index contributed by atoms with van der Waals surface area (Å²) in [5.41, 5.74) is 3.52. The summed E-state index contributed by atoms with van der Waals surface area (Å²) in [5, 5.41) is 2.70. The van der Waals surface area contributed by atoms with Gasteiger partial charge < -0.3 is 5.32 Å². The van der Waals surface area contributed by atoms with Crippen LogP contribution in [-0.4, -0.2) is 27.4 Å². The molecule has 0 fully saturated rings. The Bertz CT molecular complexity index is 845. The van der Waals surface area contributed by atoms with E-state index in [-0.39, 0.29) is 23.9 Å². The van der Waals surface area contributed by atoms with E-state index in [9.17, 15) is 13.2 Å². The molecule has 2 rings (SSSR count). The molecule has 6 heteroatoms. The van der Waals surface area contributed by atoms with Gasteiger partial charge in [-0.15, -0.1) is 0 Å². The second-order valence-electron chi connectivity index (χ2n) is 5.77. The van der Waals surface area contributed by atoms with Crippen molar-refractivity contribution < 1.29 is 13.2 Å². The molecule has 128 valence electrons. The highest BCUT2D eigenvalue weighted by Gasteiger charge is 2.14. The average Bonchev–Trinajstić information content (AvgIpc) is 2.54. The van der Waals surface area contributed by atoms with Gasteiger partial charge in [-0.05, 0) is 56.2 Å². The molecular weight excluding hydrogens is 324 g/mol. The molecule has 0 atom stereocenters. The van der Waals surface area contributed by atoms with Gasteiger partial charge in [-0.1, -0.05) is 23.8 Å². The lowest BCUT2D eigenvalue weighted by molar-refractivity contribution is 0.0954. The first-order chi connectivity index (χ1) is 11.3. The van der Waals surface area contributed by atoms with Gasteiger partial charge in [0.15, 0.2) is 0 Å². The highest BCUT2D eigenvalue weighted by Crippen LogP contribution is 2.14. The summed E-state index contributed by atoms with van der Waals surface area (Å²) in [7, 11) is -3.57. The largest absolute Gasteiger partial charge is 0.351 e. The molecule has 0 bridgehead atoms. The van der Waals surface area contributed by atoms with E-state index in [0.29, 0.717) is 5.56 Å². The van der Waals surface area contributed by atoms with E-state index in [2.05, 4.69) is 10.0 Å².